The molecular formula is C15H14FN3O. The first kappa shape index (κ1) is 12.8. The lowest BCUT2D eigenvalue weighted by Gasteiger charge is -2.13. The highest BCUT2D eigenvalue weighted by molar-refractivity contribution is 5.78. The molecule has 2 heterocycles. The maximum atomic E-state index is 13.2. The second-order valence-electron chi connectivity index (χ2n) is 4.66. The SMILES string of the molecule is Cc1ccc(C(NN)c2cc3cc(F)ccc3o2)cn1. The van der Waals surface area contributed by atoms with Gasteiger partial charge in [0.1, 0.15) is 23.2 Å². The predicted molar refractivity (Wildman–Crippen MR) is 74.3 cm³/mol. The number of fused-ring (bicyclic) bond motifs is 1. The average Bonchev–Trinajstić information content (AvgIpc) is 2.84. The van der Waals surface area contributed by atoms with E-state index in [9.17, 15) is 4.39 Å². The molecule has 0 aliphatic carbocycles. The molecule has 5 heteroatoms. The largest absolute Gasteiger partial charge is 0.459 e. The maximum Gasteiger partial charge on any atom is 0.134 e. The zero-order valence-electron chi connectivity index (χ0n) is 10.9. The van der Waals surface area contributed by atoms with Crippen molar-refractivity contribution < 1.29 is 8.81 Å². The lowest BCUT2D eigenvalue weighted by molar-refractivity contribution is 0.476. The lowest BCUT2D eigenvalue weighted by atomic mass is 10.1. The van der Waals surface area contributed by atoms with Crippen molar-refractivity contribution >= 4 is 11.0 Å². The van der Waals surface area contributed by atoms with E-state index in [0.717, 1.165) is 11.3 Å². The van der Waals surface area contributed by atoms with Crippen LogP contribution in [0.15, 0.2) is 47.0 Å². The number of aryl methyl sites for hydroxylation is 1. The van der Waals surface area contributed by atoms with E-state index in [2.05, 4.69) is 10.4 Å². The average molecular weight is 271 g/mol. The van der Waals surface area contributed by atoms with Crippen LogP contribution in [-0.2, 0) is 0 Å². The van der Waals surface area contributed by atoms with Crippen LogP contribution < -0.4 is 11.3 Å². The summed E-state index contributed by atoms with van der Waals surface area (Å²) in [6.45, 7) is 1.92. The summed E-state index contributed by atoms with van der Waals surface area (Å²) in [5.74, 6) is 5.95. The fourth-order valence-corrected chi connectivity index (χ4v) is 2.17. The van der Waals surface area contributed by atoms with Crippen LogP contribution in [0.2, 0.25) is 0 Å². The molecule has 0 fully saturated rings. The number of nitrogens with one attached hydrogen (secondary N) is 1. The number of pyridine rings is 1. The second-order valence-corrected chi connectivity index (χ2v) is 4.66. The number of halogens is 1. The van der Waals surface area contributed by atoms with Crippen LogP contribution in [0.25, 0.3) is 11.0 Å². The van der Waals surface area contributed by atoms with Gasteiger partial charge in [0.2, 0.25) is 0 Å². The highest BCUT2D eigenvalue weighted by Crippen LogP contribution is 2.28. The number of aromatic nitrogens is 1. The Morgan fingerprint density at radius 1 is 1.25 bits per heavy atom. The fraction of sp³-hybridized carbons (Fsp3) is 0.133. The minimum absolute atomic E-state index is 0.292. The normalized spacial score (nSPS) is 12.8. The van der Waals surface area contributed by atoms with Crippen LogP contribution in [0.5, 0.6) is 0 Å². The minimum atomic E-state index is -0.321. The van der Waals surface area contributed by atoms with Gasteiger partial charge in [0.25, 0.3) is 0 Å². The molecule has 0 amide bonds. The van der Waals surface area contributed by atoms with Crippen molar-refractivity contribution in [2.75, 3.05) is 0 Å². The number of nitrogens with two attached hydrogens (primary N) is 1. The summed E-state index contributed by atoms with van der Waals surface area (Å²) in [6.07, 6.45) is 1.74. The van der Waals surface area contributed by atoms with Crippen LogP contribution in [0.1, 0.15) is 23.1 Å². The van der Waals surface area contributed by atoms with Crippen LogP contribution >= 0.6 is 0 Å². The summed E-state index contributed by atoms with van der Waals surface area (Å²) in [7, 11) is 0. The molecule has 0 saturated carbocycles. The van der Waals surface area contributed by atoms with Crippen molar-refractivity contribution in [2.24, 2.45) is 5.84 Å². The molecule has 0 bridgehead atoms. The molecule has 1 atom stereocenters. The maximum absolute atomic E-state index is 13.2. The minimum Gasteiger partial charge on any atom is -0.459 e. The Morgan fingerprint density at radius 3 is 2.80 bits per heavy atom. The second kappa shape index (κ2) is 5.03. The van der Waals surface area contributed by atoms with Gasteiger partial charge in [-0.05, 0) is 42.8 Å². The Hall–Kier alpha value is -2.24. The summed E-state index contributed by atoms with van der Waals surface area (Å²) in [5, 5.41) is 0.709. The Labute approximate surface area is 115 Å². The number of furan rings is 1. The number of hydrogen-bond donors (Lipinski definition) is 2. The number of hydrogen-bond acceptors (Lipinski definition) is 4. The van der Waals surface area contributed by atoms with Gasteiger partial charge >= 0.3 is 0 Å². The van der Waals surface area contributed by atoms with Gasteiger partial charge in [-0.25, -0.2) is 9.82 Å². The van der Waals surface area contributed by atoms with Crippen molar-refractivity contribution in [1.29, 1.82) is 0 Å². The Kier molecular flexibility index (Phi) is 3.22. The zero-order valence-corrected chi connectivity index (χ0v) is 10.9. The Morgan fingerprint density at radius 2 is 2.10 bits per heavy atom. The van der Waals surface area contributed by atoms with Gasteiger partial charge in [0.15, 0.2) is 0 Å². The number of hydrazine groups is 1. The standard InChI is InChI=1S/C15H14FN3O/c1-9-2-3-10(8-18-9)15(19-17)14-7-11-6-12(16)4-5-13(11)20-14/h2-8,15,19H,17H2,1H3. The molecule has 1 aromatic carbocycles. The summed E-state index contributed by atoms with van der Waals surface area (Å²) in [5.41, 5.74) is 5.14. The van der Waals surface area contributed by atoms with Crippen LogP contribution in [0.3, 0.4) is 0 Å². The first-order valence-electron chi connectivity index (χ1n) is 6.25. The van der Waals surface area contributed by atoms with E-state index in [-0.39, 0.29) is 11.9 Å². The van der Waals surface area contributed by atoms with E-state index in [1.807, 2.05) is 19.1 Å². The molecule has 3 N–H and O–H groups in total. The van der Waals surface area contributed by atoms with E-state index in [0.29, 0.717) is 16.7 Å². The Balaban J connectivity index is 2.04. The van der Waals surface area contributed by atoms with Crippen molar-refractivity contribution in [3.05, 3.63) is 65.4 Å². The third-order valence-electron chi connectivity index (χ3n) is 3.22. The van der Waals surface area contributed by atoms with Gasteiger partial charge in [-0.1, -0.05) is 6.07 Å². The quantitative estimate of drug-likeness (QED) is 0.568. The van der Waals surface area contributed by atoms with Gasteiger partial charge in [-0.2, -0.15) is 0 Å². The van der Waals surface area contributed by atoms with E-state index in [1.165, 1.54) is 12.1 Å². The topological polar surface area (TPSA) is 64.1 Å². The van der Waals surface area contributed by atoms with E-state index in [1.54, 1.807) is 18.3 Å². The fourth-order valence-electron chi connectivity index (χ4n) is 2.17. The zero-order chi connectivity index (χ0) is 14.1. The van der Waals surface area contributed by atoms with Gasteiger partial charge < -0.3 is 4.42 Å². The summed E-state index contributed by atoms with van der Waals surface area (Å²) >= 11 is 0. The van der Waals surface area contributed by atoms with Crippen LogP contribution in [0.4, 0.5) is 4.39 Å². The van der Waals surface area contributed by atoms with Crippen molar-refractivity contribution in [1.82, 2.24) is 10.4 Å². The monoisotopic (exact) mass is 271 g/mol. The van der Waals surface area contributed by atoms with Crippen molar-refractivity contribution in [2.45, 2.75) is 13.0 Å². The Bertz CT molecular complexity index is 736. The molecule has 2 aromatic heterocycles. The van der Waals surface area contributed by atoms with Crippen LogP contribution in [0, 0.1) is 12.7 Å². The summed E-state index contributed by atoms with van der Waals surface area (Å²) in [6, 6.07) is 9.70. The number of benzene rings is 1. The molecule has 3 rings (SSSR count). The molecular weight excluding hydrogens is 257 g/mol. The molecule has 0 radical (unpaired) electrons. The van der Waals surface area contributed by atoms with E-state index in [4.69, 9.17) is 10.3 Å². The van der Waals surface area contributed by atoms with Crippen LogP contribution in [-0.4, -0.2) is 4.98 Å². The molecule has 3 aromatic rings. The lowest BCUT2D eigenvalue weighted by Crippen LogP contribution is -2.28. The number of rotatable bonds is 3. The highest BCUT2D eigenvalue weighted by atomic mass is 19.1. The van der Waals surface area contributed by atoms with Gasteiger partial charge in [0.05, 0.1) is 0 Å². The highest BCUT2D eigenvalue weighted by Gasteiger charge is 2.17. The van der Waals surface area contributed by atoms with E-state index < -0.39 is 0 Å². The molecule has 0 spiro atoms. The first-order chi connectivity index (χ1) is 9.67. The summed E-state index contributed by atoms with van der Waals surface area (Å²) < 4.78 is 18.9. The molecule has 102 valence electrons. The van der Waals surface area contributed by atoms with Crippen molar-refractivity contribution in [3.8, 4) is 0 Å². The molecule has 0 aliphatic heterocycles. The van der Waals surface area contributed by atoms with Gasteiger partial charge in [-0.3, -0.25) is 10.8 Å². The summed E-state index contributed by atoms with van der Waals surface area (Å²) in [4.78, 5) is 4.24. The molecule has 0 aliphatic rings. The van der Waals surface area contributed by atoms with Gasteiger partial charge in [0, 0.05) is 17.3 Å². The predicted octanol–water partition coefficient (Wildman–Crippen LogP) is 2.83. The smallest absolute Gasteiger partial charge is 0.134 e. The van der Waals surface area contributed by atoms with Gasteiger partial charge in [-0.15, -0.1) is 0 Å². The van der Waals surface area contributed by atoms with Crippen molar-refractivity contribution in [3.63, 3.8) is 0 Å². The molecule has 20 heavy (non-hydrogen) atoms. The third kappa shape index (κ3) is 2.29. The molecule has 4 nitrogen and oxygen atoms in total. The van der Waals surface area contributed by atoms with E-state index >= 15 is 0 Å². The number of nitrogens with zero attached hydrogens (tertiary/aromatic N) is 1. The third-order valence-corrected chi connectivity index (χ3v) is 3.22. The first-order valence-corrected chi connectivity index (χ1v) is 6.25. The molecule has 0 saturated heterocycles. The molecule has 1 unspecified atom stereocenters.